The van der Waals surface area contributed by atoms with Crippen molar-refractivity contribution in [2.24, 2.45) is 7.05 Å². The minimum absolute atomic E-state index is 0.274. The number of rotatable bonds is 2. The van der Waals surface area contributed by atoms with Crippen LogP contribution in [0, 0.1) is 0 Å². The molecule has 1 aromatic heterocycles. The van der Waals surface area contributed by atoms with Crippen molar-refractivity contribution < 1.29 is 18.0 Å². The molecule has 3 rings (SSSR count). The molecule has 1 aliphatic rings. The third kappa shape index (κ3) is 3.16. The number of aryl methyl sites for hydroxylation is 1. The number of benzene rings is 1. The fourth-order valence-corrected chi connectivity index (χ4v) is 3.23. The lowest BCUT2D eigenvalue weighted by molar-refractivity contribution is -0.138. The van der Waals surface area contributed by atoms with Gasteiger partial charge in [-0.15, -0.1) is 0 Å². The topological polar surface area (TPSA) is 38.1 Å². The number of likely N-dealkylation sites (tertiary alicyclic amines) is 1. The molecule has 0 unspecified atom stereocenters. The van der Waals surface area contributed by atoms with Crippen LogP contribution < -0.4 is 0 Å². The zero-order valence-corrected chi connectivity index (χ0v) is 13.3. The van der Waals surface area contributed by atoms with Crippen molar-refractivity contribution in [3.05, 3.63) is 53.6 Å². The fraction of sp³-hybridized carbons (Fsp3) is 0.412. The van der Waals surface area contributed by atoms with E-state index in [4.69, 9.17) is 0 Å². The largest absolute Gasteiger partial charge is 0.417 e. The maximum Gasteiger partial charge on any atom is 0.417 e. The molecule has 1 fully saturated rings. The molecule has 128 valence electrons. The summed E-state index contributed by atoms with van der Waals surface area (Å²) in [5.41, 5.74) is -0.0504. The fourth-order valence-electron chi connectivity index (χ4n) is 3.23. The maximum absolute atomic E-state index is 13.1. The average molecular weight is 337 g/mol. The van der Waals surface area contributed by atoms with Crippen LogP contribution in [0.3, 0.4) is 0 Å². The van der Waals surface area contributed by atoms with Crippen LogP contribution in [0.15, 0.2) is 36.8 Å². The van der Waals surface area contributed by atoms with Gasteiger partial charge in [0.15, 0.2) is 0 Å². The number of alkyl halides is 3. The van der Waals surface area contributed by atoms with E-state index in [1.165, 1.54) is 23.1 Å². The molecule has 0 radical (unpaired) electrons. The van der Waals surface area contributed by atoms with E-state index in [1.807, 2.05) is 11.6 Å². The van der Waals surface area contributed by atoms with Crippen molar-refractivity contribution >= 4 is 5.91 Å². The average Bonchev–Trinajstić information content (AvgIpc) is 2.99. The Morgan fingerprint density at radius 2 is 1.88 bits per heavy atom. The third-order valence-corrected chi connectivity index (χ3v) is 4.52. The molecular weight excluding hydrogens is 319 g/mol. The van der Waals surface area contributed by atoms with E-state index in [0.29, 0.717) is 13.1 Å². The molecule has 2 aromatic rings. The summed E-state index contributed by atoms with van der Waals surface area (Å²) < 4.78 is 41.2. The molecule has 1 aliphatic heterocycles. The third-order valence-electron chi connectivity index (χ3n) is 4.52. The first kappa shape index (κ1) is 16.5. The molecular formula is C17H18F3N3O. The predicted octanol–water partition coefficient (Wildman–Crippen LogP) is 3.46. The number of aromatic nitrogens is 2. The van der Waals surface area contributed by atoms with Gasteiger partial charge in [0.2, 0.25) is 0 Å². The normalized spacial score (nSPS) is 16.4. The van der Waals surface area contributed by atoms with Crippen LogP contribution in [0.5, 0.6) is 0 Å². The first-order chi connectivity index (χ1) is 11.4. The van der Waals surface area contributed by atoms with Crippen LogP contribution in [0.4, 0.5) is 13.2 Å². The molecule has 0 aliphatic carbocycles. The second-order valence-electron chi connectivity index (χ2n) is 6.04. The second-order valence-corrected chi connectivity index (χ2v) is 6.04. The Balaban J connectivity index is 1.74. The van der Waals surface area contributed by atoms with Crippen molar-refractivity contribution in [3.8, 4) is 0 Å². The highest BCUT2D eigenvalue weighted by atomic mass is 19.4. The SMILES string of the molecule is Cn1cncc1C1CCN(C(=O)c2ccccc2C(F)(F)F)CC1. The number of hydrogen-bond acceptors (Lipinski definition) is 2. The van der Waals surface area contributed by atoms with Gasteiger partial charge in [0.05, 0.1) is 17.5 Å². The summed E-state index contributed by atoms with van der Waals surface area (Å²) >= 11 is 0. The monoisotopic (exact) mass is 337 g/mol. The molecule has 7 heteroatoms. The minimum Gasteiger partial charge on any atom is -0.339 e. The Morgan fingerprint density at radius 3 is 2.46 bits per heavy atom. The Morgan fingerprint density at radius 1 is 1.21 bits per heavy atom. The molecule has 4 nitrogen and oxygen atoms in total. The van der Waals surface area contributed by atoms with Crippen LogP contribution >= 0.6 is 0 Å². The molecule has 0 spiro atoms. The summed E-state index contributed by atoms with van der Waals surface area (Å²) in [6, 6.07) is 4.97. The summed E-state index contributed by atoms with van der Waals surface area (Å²) in [4.78, 5) is 18.1. The Kier molecular flexibility index (Phi) is 4.34. The van der Waals surface area contributed by atoms with Crippen molar-refractivity contribution in [1.82, 2.24) is 14.5 Å². The lowest BCUT2D eigenvalue weighted by Crippen LogP contribution is -2.39. The van der Waals surface area contributed by atoms with Gasteiger partial charge in [-0.2, -0.15) is 13.2 Å². The number of halogens is 3. The van der Waals surface area contributed by atoms with E-state index in [-0.39, 0.29) is 11.5 Å². The summed E-state index contributed by atoms with van der Waals surface area (Å²) in [6.07, 6.45) is 0.450. The first-order valence-electron chi connectivity index (χ1n) is 7.79. The van der Waals surface area contributed by atoms with Gasteiger partial charge in [-0.25, -0.2) is 4.98 Å². The van der Waals surface area contributed by atoms with Crippen LogP contribution in [-0.4, -0.2) is 33.4 Å². The Hall–Kier alpha value is -2.31. The quantitative estimate of drug-likeness (QED) is 0.842. The first-order valence-corrected chi connectivity index (χ1v) is 7.79. The zero-order valence-electron chi connectivity index (χ0n) is 13.3. The van der Waals surface area contributed by atoms with Gasteiger partial charge in [0, 0.05) is 37.9 Å². The number of nitrogens with zero attached hydrogens (tertiary/aromatic N) is 3. The van der Waals surface area contributed by atoms with Crippen LogP contribution in [0.2, 0.25) is 0 Å². The highest BCUT2D eigenvalue weighted by molar-refractivity contribution is 5.96. The molecule has 1 saturated heterocycles. The van der Waals surface area contributed by atoms with E-state index in [2.05, 4.69) is 4.98 Å². The van der Waals surface area contributed by atoms with Gasteiger partial charge in [0.25, 0.3) is 5.91 Å². The predicted molar refractivity (Wildman–Crippen MR) is 82.5 cm³/mol. The summed E-state index contributed by atoms with van der Waals surface area (Å²) in [5, 5.41) is 0. The number of imidazole rings is 1. The minimum atomic E-state index is -4.53. The lowest BCUT2D eigenvalue weighted by Gasteiger charge is -2.32. The van der Waals surface area contributed by atoms with Crippen molar-refractivity contribution in [3.63, 3.8) is 0 Å². The standard InChI is InChI=1S/C17H18F3N3O/c1-22-11-21-10-15(22)12-6-8-23(9-7-12)16(24)13-4-2-3-5-14(13)17(18,19)20/h2-5,10-12H,6-9H2,1H3. The Labute approximate surface area is 137 Å². The van der Waals surface area contributed by atoms with Crippen LogP contribution in [-0.2, 0) is 13.2 Å². The zero-order chi connectivity index (χ0) is 17.3. The van der Waals surface area contributed by atoms with Gasteiger partial charge in [-0.05, 0) is 25.0 Å². The van der Waals surface area contributed by atoms with Gasteiger partial charge in [-0.3, -0.25) is 4.79 Å². The summed E-state index contributed by atoms with van der Waals surface area (Å²) in [7, 11) is 1.92. The number of piperidine rings is 1. The molecule has 0 atom stereocenters. The van der Waals surface area contributed by atoms with E-state index in [9.17, 15) is 18.0 Å². The van der Waals surface area contributed by atoms with Crippen molar-refractivity contribution in [2.75, 3.05) is 13.1 Å². The van der Waals surface area contributed by atoms with E-state index < -0.39 is 17.6 Å². The van der Waals surface area contributed by atoms with E-state index >= 15 is 0 Å². The number of amides is 1. The van der Waals surface area contributed by atoms with E-state index in [0.717, 1.165) is 24.6 Å². The van der Waals surface area contributed by atoms with Crippen molar-refractivity contribution in [2.45, 2.75) is 24.9 Å². The second kappa shape index (κ2) is 6.30. The highest BCUT2D eigenvalue weighted by Crippen LogP contribution is 2.33. The number of hydrogen-bond donors (Lipinski definition) is 0. The number of carbonyl (C=O) groups excluding carboxylic acids is 1. The van der Waals surface area contributed by atoms with Crippen molar-refractivity contribution in [1.29, 1.82) is 0 Å². The molecule has 0 bridgehead atoms. The highest BCUT2D eigenvalue weighted by Gasteiger charge is 2.36. The molecule has 1 amide bonds. The summed E-state index contributed by atoms with van der Waals surface area (Å²) in [6.45, 7) is 0.891. The molecule has 2 heterocycles. The Bertz CT molecular complexity index is 731. The van der Waals surface area contributed by atoms with Gasteiger partial charge >= 0.3 is 6.18 Å². The molecule has 0 saturated carbocycles. The maximum atomic E-state index is 13.1. The molecule has 24 heavy (non-hydrogen) atoms. The smallest absolute Gasteiger partial charge is 0.339 e. The lowest BCUT2D eigenvalue weighted by atomic mass is 9.93. The van der Waals surface area contributed by atoms with Gasteiger partial charge in [0.1, 0.15) is 0 Å². The van der Waals surface area contributed by atoms with Gasteiger partial charge in [-0.1, -0.05) is 12.1 Å². The van der Waals surface area contributed by atoms with Crippen LogP contribution in [0.1, 0.15) is 40.4 Å². The summed E-state index contributed by atoms with van der Waals surface area (Å²) in [5.74, 6) is -0.272. The van der Waals surface area contributed by atoms with Gasteiger partial charge < -0.3 is 9.47 Å². The molecule has 1 aromatic carbocycles. The van der Waals surface area contributed by atoms with E-state index in [1.54, 1.807) is 12.5 Å². The molecule has 0 N–H and O–H groups in total. The number of carbonyl (C=O) groups is 1. The van der Waals surface area contributed by atoms with Crippen LogP contribution in [0.25, 0.3) is 0 Å².